The number of hydrogen-bond donors (Lipinski definition) is 1. The Morgan fingerprint density at radius 3 is 2.67 bits per heavy atom. The van der Waals surface area contributed by atoms with Crippen molar-refractivity contribution in [3.8, 4) is 17.0 Å². The summed E-state index contributed by atoms with van der Waals surface area (Å²) in [4.78, 5) is 4.20. The highest BCUT2D eigenvalue weighted by Crippen LogP contribution is 2.24. The molecule has 1 aromatic carbocycles. The molecule has 0 bridgehead atoms. The van der Waals surface area contributed by atoms with Crippen molar-refractivity contribution < 1.29 is 5.11 Å². The number of phenols is 1. The second-order valence-corrected chi connectivity index (χ2v) is 3.73. The molecule has 0 aliphatic heterocycles. The highest BCUT2D eigenvalue weighted by atomic mass is 35.5. The number of nitrogens with zero attached hydrogens (tertiary/aromatic N) is 1. The van der Waals surface area contributed by atoms with E-state index < -0.39 is 0 Å². The first-order chi connectivity index (χ1) is 7.16. The molecule has 1 N–H and O–H groups in total. The van der Waals surface area contributed by atoms with Crippen LogP contribution >= 0.6 is 11.6 Å². The maximum absolute atomic E-state index is 9.40. The summed E-state index contributed by atoms with van der Waals surface area (Å²) >= 11 is 5.81. The van der Waals surface area contributed by atoms with Crippen LogP contribution in [0.2, 0.25) is 5.15 Å². The van der Waals surface area contributed by atoms with Crippen molar-refractivity contribution in [1.29, 1.82) is 0 Å². The molecule has 1 heterocycles. The number of aryl methyl sites for hydroxylation is 1. The van der Waals surface area contributed by atoms with Crippen LogP contribution in [0, 0.1) is 6.92 Å². The van der Waals surface area contributed by atoms with Gasteiger partial charge in [0.2, 0.25) is 0 Å². The van der Waals surface area contributed by atoms with E-state index in [0.717, 1.165) is 16.8 Å². The molecule has 0 atom stereocenters. The number of halogens is 1. The number of hydrogen-bond acceptors (Lipinski definition) is 2. The fourth-order valence-corrected chi connectivity index (χ4v) is 1.55. The summed E-state index contributed by atoms with van der Waals surface area (Å²) in [6.45, 7) is 1.85. The lowest BCUT2D eigenvalue weighted by Crippen LogP contribution is -1.84. The van der Waals surface area contributed by atoms with Gasteiger partial charge in [0.05, 0.1) is 5.69 Å². The van der Waals surface area contributed by atoms with Gasteiger partial charge in [0.15, 0.2) is 0 Å². The van der Waals surface area contributed by atoms with Crippen LogP contribution < -0.4 is 0 Å². The molecule has 3 heteroatoms. The molecule has 0 amide bonds. The van der Waals surface area contributed by atoms with Crippen molar-refractivity contribution in [3.05, 3.63) is 47.1 Å². The van der Waals surface area contributed by atoms with Gasteiger partial charge in [0.1, 0.15) is 10.9 Å². The van der Waals surface area contributed by atoms with Gasteiger partial charge < -0.3 is 5.11 Å². The first-order valence-corrected chi connectivity index (χ1v) is 4.97. The molecule has 0 aliphatic carbocycles. The molecule has 2 rings (SSSR count). The van der Waals surface area contributed by atoms with Crippen molar-refractivity contribution in [2.45, 2.75) is 6.92 Å². The zero-order valence-corrected chi connectivity index (χ0v) is 8.99. The summed E-state index contributed by atoms with van der Waals surface area (Å²) in [5, 5.41) is 9.87. The average molecular weight is 220 g/mol. The Bertz CT molecular complexity index is 497. The lowest BCUT2D eigenvalue weighted by Gasteiger charge is -2.03. The van der Waals surface area contributed by atoms with Crippen LogP contribution in [-0.2, 0) is 0 Å². The van der Waals surface area contributed by atoms with Gasteiger partial charge in [0, 0.05) is 5.56 Å². The molecule has 0 aliphatic rings. The highest BCUT2D eigenvalue weighted by Gasteiger charge is 2.02. The maximum atomic E-state index is 9.40. The summed E-state index contributed by atoms with van der Waals surface area (Å²) in [5.41, 5.74) is 2.59. The molecule has 1 aromatic heterocycles. The van der Waals surface area contributed by atoms with Crippen molar-refractivity contribution in [2.24, 2.45) is 0 Å². The number of aromatic nitrogens is 1. The summed E-state index contributed by atoms with van der Waals surface area (Å²) in [5.74, 6) is 0.292. The molecule has 2 nitrogen and oxygen atoms in total. The Labute approximate surface area is 93.2 Å². The summed E-state index contributed by atoms with van der Waals surface area (Å²) in [6.07, 6.45) is 0. The molecule has 0 radical (unpaired) electrons. The van der Waals surface area contributed by atoms with Crippen LogP contribution in [0.3, 0.4) is 0 Å². The van der Waals surface area contributed by atoms with Crippen LogP contribution in [-0.4, -0.2) is 10.1 Å². The fourth-order valence-electron chi connectivity index (χ4n) is 1.38. The van der Waals surface area contributed by atoms with E-state index in [0.29, 0.717) is 10.9 Å². The average Bonchev–Trinajstić information content (AvgIpc) is 2.22. The summed E-state index contributed by atoms with van der Waals surface area (Å²) < 4.78 is 0. The Hall–Kier alpha value is -1.54. The number of pyridine rings is 1. The van der Waals surface area contributed by atoms with Gasteiger partial charge >= 0.3 is 0 Å². The lowest BCUT2D eigenvalue weighted by atomic mass is 10.1. The first-order valence-electron chi connectivity index (χ1n) is 4.59. The summed E-state index contributed by atoms with van der Waals surface area (Å²) in [7, 11) is 0. The van der Waals surface area contributed by atoms with E-state index in [2.05, 4.69) is 4.98 Å². The minimum absolute atomic E-state index is 0.292. The van der Waals surface area contributed by atoms with Crippen molar-refractivity contribution in [1.82, 2.24) is 4.98 Å². The third-order valence-electron chi connectivity index (χ3n) is 2.21. The fraction of sp³-hybridized carbons (Fsp3) is 0.0833. The Kier molecular flexibility index (Phi) is 2.60. The van der Waals surface area contributed by atoms with Gasteiger partial charge in [-0.3, -0.25) is 0 Å². The smallest absolute Gasteiger partial charge is 0.129 e. The topological polar surface area (TPSA) is 33.1 Å². The molecule has 0 spiro atoms. The van der Waals surface area contributed by atoms with E-state index in [1.54, 1.807) is 12.1 Å². The SMILES string of the molecule is Cc1cc(-c2cccc(Cl)n2)ccc1O. The van der Waals surface area contributed by atoms with E-state index in [9.17, 15) is 5.11 Å². The summed E-state index contributed by atoms with van der Waals surface area (Å²) in [6, 6.07) is 10.8. The van der Waals surface area contributed by atoms with E-state index in [4.69, 9.17) is 11.6 Å². The Morgan fingerprint density at radius 2 is 2.00 bits per heavy atom. The molecule has 0 saturated carbocycles. The number of rotatable bonds is 1. The number of benzene rings is 1. The molecule has 0 unspecified atom stereocenters. The third kappa shape index (κ3) is 2.10. The lowest BCUT2D eigenvalue weighted by molar-refractivity contribution is 0.471. The molecule has 0 saturated heterocycles. The standard InChI is InChI=1S/C12H10ClNO/c1-8-7-9(5-6-11(8)15)10-3-2-4-12(13)14-10/h2-7,15H,1H3. The normalized spacial score (nSPS) is 10.3. The monoisotopic (exact) mass is 219 g/mol. The zero-order valence-electron chi connectivity index (χ0n) is 8.24. The van der Waals surface area contributed by atoms with Crippen molar-refractivity contribution in [2.75, 3.05) is 0 Å². The second-order valence-electron chi connectivity index (χ2n) is 3.35. The molecule has 15 heavy (non-hydrogen) atoms. The van der Waals surface area contributed by atoms with Crippen LogP contribution in [0.15, 0.2) is 36.4 Å². The van der Waals surface area contributed by atoms with Crippen LogP contribution in [0.25, 0.3) is 11.3 Å². The molecule has 2 aromatic rings. The van der Waals surface area contributed by atoms with E-state index in [-0.39, 0.29) is 0 Å². The maximum Gasteiger partial charge on any atom is 0.129 e. The minimum Gasteiger partial charge on any atom is -0.508 e. The van der Waals surface area contributed by atoms with Gasteiger partial charge in [-0.05, 0) is 42.8 Å². The largest absolute Gasteiger partial charge is 0.508 e. The second kappa shape index (κ2) is 3.91. The third-order valence-corrected chi connectivity index (χ3v) is 2.42. The van der Waals surface area contributed by atoms with E-state index in [1.807, 2.05) is 31.2 Å². The predicted molar refractivity (Wildman–Crippen MR) is 61.1 cm³/mol. The van der Waals surface area contributed by atoms with Gasteiger partial charge in [-0.25, -0.2) is 4.98 Å². The molecular weight excluding hydrogens is 210 g/mol. The predicted octanol–water partition coefficient (Wildman–Crippen LogP) is 3.42. The zero-order chi connectivity index (χ0) is 10.8. The van der Waals surface area contributed by atoms with Gasteiger partial charge in [-0.15, -0.1) is 0 Å². The van der Waals surface area contributed by atoms with Crippen LogP contribution in [0.4, 0.5) is 0 Å². The van der Waals surface area contributed by atoms with Gasteiger partial charge in [-0.1, -0.05) is 17.7 Å². The van der Waals surface area contributed by atoms with E-state index in [1.165, 1.54) is 0 Å². The van der Waals surface area contributed by atoms with Gasteiger partial charge in [0.25, 0.3) is 0 Å². The Morgan fingerprint density at radius 1 is 1.20 bits per heavy atom. The number of aromatic hydroxyl groups is 1. The van der Waals surface area contributed by atoms with Gasteiger partial charge in [-0.2, -0.15) is 0 Å². The molecule has 0 fully saturated rings. The van der Waals surface area contributed by atoms with Crippen molar-refractivity contribution >= 4 is 11.6 Å². The van der Waals surface area contributed by atoms with Crippen molar-refractivity contribution in [3.63, 3.8) is 0 Å². The van der Waals surface area contributed by atoms with Crippen LogP contribution in [0.5, 0.6) is 5.75 Å². The van der Waals surface area contributed by atoms with Crippen LogP contribution in [0.1, 0.15) is 5.56 Å². The van der Waals surface area contributed by atoms with E-state index >= 15 is 0 Å². The first kappa shape index (κ1) is 9.99. The number of phenolic OH excluding ortho intramolecular Hbond substituents is 1. The molecule has 76 valence electrons. The molecular formula is C12H10ClNO. The quantitative estimate of drug-likeness (QED) is 0.746. The minimum atomic E-state index is 0.292. The Balaban J connectivity index is 2.50. The highest BCUT2D eigenvalue weighted by molar-refractivity contribution is 6.29.